The minimum atomic E-state index is 0.898. The molecule has 12 rings (SSSR count). The molecule has 2 heterocycles. The second kappa shape index (κ2) is 15.3. The molecule has 0 saturated carbocycles. The molecule has 0 saturated heterocycles. The van der Waals surface area contributed by atoms with Crippen LogP contribution in [0.5, 0.6) is 0 Å². The maximum Gasteiger partial charge on any atom is 0.136 e. The number of para-hydroxylation sites is 4. The zero-order chi connectivity index (χ0) is 41.7. The predicted octanol–water partition coefficient (Wildman–Crippen LogP) is 16.8. The van der Waals surface area contributed by atoms with Crippen molar-refractivity contribution in [1.29, 1.82) is 0 Å². The minimum absolute atomic E-state index is 0.898. The van der Waals surface area contributed by atoms with Crippen LogP contribution in [0.3, 0.4) is 0 Å². The molecular weight excluding hydrogens is 765 g/mol. The quantitative estimate of drug-likeness (QED) is 0.153. The van der Waals surface area contributed by atoms with E-state index in [1.54, 1.807) is 0 Å². The average Bonchev–Trinajstić information content (AvgIpc) is 3.91. The Balaban J connectivity index is 0.900. The van der Waals surface area contributed by atoms with Gasteiger partial charge in [-0.2, -0.15) is 0 Å². The third-order valence-corrected chi connectivity index (χ3v) is 12.4. The summed E-state index contributed by atoms with van der Waals surface area (Å²) in [4.78, 5) is 2.37. The number of furan rings is 1. The zero-order valence-electron chi connectivity index (χ0n) is 34.4. The lowest BCUT2D eigenvalue weighted by atomic mass is 9.98. The zero-order valence-corrected chi connectivity index (χ0v) is 34.4. The summed E-state index contributed by atoms with van der Waals surface area (Å²) in [6.07, 6.45) is 0. The standard InChI is InChI=1S/C60H40N2O/c1-2-14-43(15-3-1)51-20-4-8-24-56(51)61(49-35-30-42(31-36-49)47-32-37-55-54-23-7-11-27-59(54)63-60(55)40-47)48-33-28-41(29-34-48)44-16-12-17-45(38-44)46-18-13-19-50(39-46)62-57-25-9-5-21-52(57)53-22-6-10-26-58(53)62/h1-40H. The van der Waals surface area contributed by atoms with Gasteiger partial charge in [0.1, 0.15) is 11.2 Å². The maximum atomic E-state index is 6.25. The van der Waals surface area contributed by atoms with Crippen molar-refractivity contribution in [3.8, 4) is 50.2 Å². The largest absolute Gasteiger partial charge is 0.456 e. The Kier molecular flexibility index (Phi) is 8.83. The first-order chi connectivity index (χ1) is 31.2. The summed E-state index contributed by atoms with van der Waals surface area (Å²) in [6, 6.07) is 87.1. The Labute approximate surface area is 366 Å². The molecule has 0 aliphatic carbocycles. The lowest BCUT2D eigenvalue weighted by molar-refractivity contribution is 0.669. The molecule has 0 fully saturated rings. The Morgan fingerprint density at radius 2 is 0.794 bits per heavy atom. The van der Waals surface area contributed by atoms with Crippen molar-refractivity contribution in [1.82, 2.24) is 4.57 Å². The first kappa shape index (κ1) is 36.5. The second-order valence-electron chi connectivity index (χ2n) is 16.1. The van der Waals surface area contributed by atoms with Gasteiger partial charge < -0.3 is 13.9 Å². The predicted molar refractivity (Wildman–Crippen MR) is 264 cm³/mol. The van der Waals surface area contributed by atoms with Gasteiger partial charge in [0.2, 0.25) is 0 Å². The Bertz CT molecular complexity index is 3560. The number of aromatic nitrogens is 1. The third kappa shape index (κ3) is 6.46. The SMILES string of the molecule is c1ccc(-c2ccccc2N(c2ccc(-c3cccc(-c4cccc(-n5c6ccccc6c6ccccc65)c4)c3)cc2)c2ccc(-c3ccc4c(c3)oc3ccccc34)cc2)cc1. The van der Waals surface area contributed by atoms with Crippen LogP contribution < -0.4 is 4.90 Å². The molecule has 0 unspecified atom stereocenters. The highest BCUT2D eigenvalue weighted by Crippen LogP contribution is 2.43. The van der Waals surface area contributed by atoms with E-state index >= 15 is 0 Å². The molecule has 12 aromatic rings. The highest BCUT2D eigenvalue weighted by molar-refractivity contribution is 6.09. The Morgan fingerprint density at radius 3 is 1.49 bits per heavy atom. The molecule has 0 aliphatic heterocycles. The summed E-state index contributed by atoms with van der Waals surface area (Å²) in [7, 11) is 0. The van der Waals surface area contributed by atoms with Crippen LogP contribution in [0.1, 0.15) is 0 Å². The minimum Gasteiger partial charge on any atom is -0.456 e. The second-order valence-corrected chi connectivity index (χ2v) is 16.1. The van der Waals surface area contributed by atoms with E-state index in [4.69, 9.17) is 4.42 Å². The Hall–Kier alpha value is -8.40. The fraction of sp³-hybridized carbons (Fsp3) is 0. The molecule has 0 atom stereocenters. The molecule has 3 nitrogen and oxygen atoms in total. The summed E-state index contributed by atoms with van der Waals surface area (Å²) in [5, 5.41) is 4.80. The van der Waals surface area contributed by atoms with E-state index in [0.29, 0.717) is 0 Å². The lowest BCUT2D eigenvalue weighted by Crippen LogP contribution is -2.11. The number of hydrogen-bond donors (Lipinski definition) is 0. The van der Waals surface area contributed by atoms with Gasteiger partial charge in [-0.3, -0.25) is 0 Å². The van der Waals surface area contributed by atoms with Crippen molar-refractivity contribution in [3.63, 3.8) is 0 Å². The molecule has 296 valence electrons. The molecule has 0 radical (unpaired) electrons. The highest BCUT2D eigenvalue weighted by atomic mass is 16.3. The molecule has 0 aliphatic rings. The van der Waals surface area contributed by atoms with Crippen LogP contribution in [-0.2, 0) is 0 Å². The first-order valence-electron chi connectivity index (χ1n) is 21.5. The van der Waals surface area contributed by atoms with Crippen molar-refractivity contribution < 1.29 is 4.42 Å². The van der Waals surface area contributed by atoms with Gasteiger partial charge in [-0.05, 0) is 118 Å². The van der Waals surface area contributed by atoms with Crippen LogP contribution in [0.25, 0.3) is 93.9 Å². The number of anilines is 3. The highest BCUT2D eigenvalue weighted by Gasteiger charge is 2.18. The smallest absolute Gasteiger partial charge is 0.136 e. The molecule has 0 amide bonds. The van der Waals surface area contributed by atoms with Gasteiger partial charge in [0.25, 0.3) is 0 Å². The summed E-state index contributed by atoms with van der Waals surface area (Å²) >= 11 is 0. The van der Waals surface area contributed by atoms with E-state index in [2.05, 4.69) is 240 Å². The van der Waals surface area contributed by atoms with Crippen LogP contribution in [-0.4, -0.2) is 4.57 Å². The summed E-state index contributed by atoms with van der Waals surface area (Å²) in [5.74, 6) is 0. The van der Waals surface area contributed by atoms with Gasteiger partial charge in [-0.1, -0.05) is 164 Å². The van der Waals surface area contributed by atoms with Gasteiger partial charge in [0.05, 0.1) is 16.7 Å². The van der Waals surface area contributed by atoms with Gasteiger partial charge in [0.15, 0.2) is 0 Å². The summed E-state index contributed by atoms with van der Waals surface area (Å²) < 4.78 is 8.64. The van der Waals surface area contributed by atoms with E-state index in [1.807, 2.05) is 12.1 Å². The fourth-order valence-electron chi connectivity index (χ4n) is 9.37. The van der Waals surface area contributed by atoms with Crippen LogP contribution >= 0.6 is 0 Å². The van der Waals surface area contributed by atoms with E-state index in [-0.39, 0.29) is 0 Å². The number of hydrogen-bond acceptors (Lipinski definition) is 2. The summed E-state index contributed by atoms with van der Waals surface area (Å²) in [6.45, 7) is 0. The van der Waals surface area contributed by atoms with Crippen molar-refractivity contribution >= 4 is 60.8 Å². The normalized spacial score (nSPS) is 11.5. The molecule has 0 N–H and O–H groups in total. The average molecular weight is 805 g/mol. The first-order valence-corrected chi connectivity index (χ1v) is 21.5. The number of fused-ring (bicyclic) bond motifs is 6. The number of benzene rings is 10. The number of rotatable bonds is 8. The van der Waals surface area contributed by atoms with Crippen LogP contribution in [0.15, 0.2) is 247 Å². The van der Waals surface area contributed by atoms with E-state index in [9.17, 15) is 0 Å². The van der Waals surface area contributed by atoms with Gasteiger partial charge in [0, 0.05) is 44.2 Å². The topological polar surface area (TPSA) is 21.3 Å². The van der Waals surface area contributed by atoms with Crippen molar-refractivity contribution in [3.05, 3.63) is 243 Å². The summed E-state index contributed by atoms with van der Waals surface area (Å²) in [5.41, 5.74) is 17.9. The maximum absolute atomic E-state index is 6.25. The molecule has 3 heteroatoms. The molecule has 10 aromatic carbocycles. The van der Waals surface area contributed by atoms with Crippen molar-refractivity contribution in [2.75, 3.05) is 4.90 Å². The molecule has 0 bridgehead atoms. The molecule has 63 heavy (non-hydrogen) atoms. The fourth-order valence-corrected chi connectivity index (χ4v) is 9.37. The van der Waals surface area contributed by atoms with E-state index in [0.717, 1.165) is 66.9 Å². The van der Waals surface area contributed by atoms with Gasteiger partial charge in [-0.15, -0.1) is 0 Å². The Morgan fingerprint density at radius 1 is 0.302 bits per heavy atom. The third-order valence-electron chi connectivity index (χ3n) is 12.4. The lowest BCUT2D eigenvalue weighted by Gasteiger charge is -2.28. The molecular formula is C60H40N2O. The molecule has 0 spiro atoms. The van der Waals surface area contributed by atoms with Crippen LogP contribution in [0.4, 0.5) is 17.1 Å². The van der Waals surface area contributed by atoms with Crippen LogP contribution in [0, 0.1) is 0 Å². The monoisotopic (exact) mass is 804 g/mol. The van der Waals surface area contributed by atoms with E-state index in [1.165, 1.54) is 44.1 Å². The van der Waals surface area contributed by atoms with Gasteiger partial charge in [-0.25, -0.2) is 0 Å². The van der Waals surface area contributed by atoms with Gasteiger partial charge >= 0.3 is 0 Å². The van der Waals surface area contributed by atoms with Crippen molar-refractivity contribution in [2.45, 2.75) is 0 Å². The van der Waals surface area contributed by atoms with E-state index < -0.39 is 0 Å². The molecule has 2 aromatic heterocycles. The van der Waals surface area contributed by atoms with Crippen LogP contribution in [0.2, 0.25) is 0 Å². The number of nitrogens with zero attached hydrogens (tertiary/aromatic N) is 2. The van der Waals surface area contributed by atoms with Crippen molar-refractivity contribution in [2.24, 2.45) is 0 Å².